The van der Waals surface area contributed by atoms with Crippen molar-refractivity contribution in [1.29, 1.82) is 0 Å². The zero-order chi connectivity index (χ0) is 14.2. The summed E-state index contributed by atoms with van der Waals surface area (Å²) in [7, 11) is 1.82. The van der Waals surface area contributed by atoms with Crippen molar-refractivity contribution in [2.45, 2.75) is 38.8 Å². The molecule has 0 amide bonds. The first-order valence-corrected chi connectivity index (χ1v) is 8.40. The van der Waals surface area contributed by atoms with E-state index in [9.17, 15) is 0 Å². The van der Waals surface area contributed by atoms with E-state index in [1.54, 1.807) is 6.33 Å². The van der Waals surface area contributed by atoms with Crippen LogP contribution in [0, 0.1) is 0 Å². The molecule has 1 fully saturated rings. The largest absolute Gasteiger partial charge is 0.355 e. The van der Waals surface area contributed by atoms with Crippen LogP contribution in [0.5, 0.6) is 0 Å². The highest BCUT2D eigenvalue weighted by atomic mass is 127. The minimum atomic E-state index is 0. The van der Waals surface area contributed by atoms with Gasteiger partial charge >= 0.3 is 0 Å². The van der Waals surface area contributed by atoms with Gasteiger partial charge in [0.2, 0.25) is 0 Å². The van der Waals surface area contributed by atoms with Crippen molar-refractivity contribution in [3.05, 3.63) is 12.2 Å². The number of aliphatic imine (C=N–C) groups is 1. The van der Waals surface area contributed by atoms with Gasteiger partial charge in [-0.05, 0) is 18.6 Å². The van der Waals surface area contributed by atoms with Crippen molar-refractivity contribution in [1.82, 2.24) is 25.4 Å². The lowest BCUT2D eigenvalue weighted by Crippen LogP contribution is -2.46. The number of hydrogen-bond donors (Lipinski definition) is 2. The summed E-state index contributed by atoms with van der Waals surface area (Å²) >= 11 is 2.02. The van der Waals surface area contributed by atoms with Crippen molar-refractivity contribution in [3.8, 4) is 0 Å². The van der Waals surface area contributed by atoms with E-state index in [4.69, 9.17) is 0 Å². The highest BCUT2D eigenvalue weighted by Gasteiger charge is 2.14. The van der Waals surface area contributed by atoms with E-state index >= 15 is 0 Å². The van der Waals surface area contributed by atoms with E-state index in [1.165, 1.54) is 24.3 Å². The average molecular weight is 424 g/mol. The van der Waals surface area contributed by atoms with E-state index in [0.29, 0.717) is 6.04 Å². The zero-order valence-corrected chi connectivity index (χ0v) is 15.9. The normalized spacial score (nSPS) is 19.0. The van der Waals surface area contributed by atoms with Crippen LogP contribution in [-0.4, -0.2) is 51.9 Å². The second kappa shape index (κ2) is 10.3. The quantitative estimate of drug-likeness (QED) is 0.426. The molecule has 1 saturated heterocycles. The van der Waals surface area contributed by atoms with Crippen molar-refractivity contribution in [3.63, 3.8) is 0 Å². The maximum Gasteiger partial charge on any atom is 0.191 e. The molecule has 0 bridgehead atoms. The van der Waals surface area contributed by atoms with Crippen molar-refractivity contribution >= 4 is 41.7 Å². The molecule has 1 aliphatic heterocycles. The first kappa shape index (κ1) is 18.5. The third kappa shape index (κ3) is 6.01. The molecule has 2 rings (SSSR count). The van der Waals surface area contributed by atoms with Gasteiger partial charge in [0, 0.05) is 38.4 Å². The van der Waals surface area contributed by atoms with Gasteiger partial charge in [-0.15, -0.1) is 34.2 Å². The molecular weight excluding hydrogens is 399 g/mol. The second-order valence-corrected chi connectivity index (χ2v) is 6.00. The highest BCUT2D eigenvalue weighted by Crippen LogP contribution is 2.16. The van der Waals surface area contributed by atoms with E-state index in [1.807, 2.05) is 18.8 Å². The fourth-order valence-corrected chi connectivity index (χ4v) is 3.35. The third-order valence-corrected chi connectivity index (χ3v) is 4.60. The van der Waals surface area contributed by atoms with Gasteiger partial charge in [0.05, 0.1) is 0 Å². The van der Waals surface area contributed by atoms with Gasteiger partial charge in [0.15, 0.2) is 5.96 Å². The number of halogens is 1. The predicted molar refractivity (Wildman–Crippen MR) is 99.7 cm³/mol. The molecule has 21 heavy (non-hydrogen) atoms. The van der Waals surface area contributed by atoms with Crippen LogP contribution in [0.1, 0.15) is 25.6 Å². The van der Waals surface area contributed by atoms with Crippen LogP contribution in [0.25, 0.3) is 0 Å². The minimum absolute atomic E-state index is 0. The summed E-state index contributed by atoms with van der Waals surface area (Å²) in [4.78, 5) is 4.29. The number of nitrogens with one attached hydrogen (secondary N) is 2. The third-order valence-electron chi connectivity index (χ3n) is 3.38. The lowest BCUT2D eigenvalue weighted by Gasteiger charge is -2.24. The summed E-state index contributed by atoms with van der Waals surface area (Å²) in [6.07, 6.45) is 5.22. The lowest BCUT2D eigenvalue weighted by atomic mass is 10.2. The maximum absolute atomic E-state index is 4.29. The number of rotatable bonds is 5. The minimum Gasteiger partial charge on any atom is -0.355 e. The van der Waals surface area contributed by atoms with Crippen LogP contribution in [-0.2, 0) is 13.0 Å². The van der Waals surface area contributed by atoms with Gasteiger partial charge in [-0.2, -0.15) is 11.8 Å². The first-order valence-electron chi connectivity index (χ1n) is 7.25. The molecular formula is C13H25IN6S. The molecule has 1 unspecified atom stereocenters. The fraction of sp³-hybridized carbons (Fsp3) is 0.769. The summed E-state index contributed by atoms with van der Waals surface area (Å²) in [5.74, 6) is 4.38. The van der Waals surface area contributed by atoms with Crippen LogP contribution in [0.3, 0.4) is 0 Å². The SMILES string of the molecule is CCc1nncn1CCNC(=NC)NC1CCCSC1.I. The Morgan fingerprint density at radius 2 is 2.43 bits per heavy atom. The number of hydrogen-bond acceptors (Lipinski definition) is 4. The molecule has 1 aromatic heterocycles. The molecule has 0 aliphatic carbocycles. The maximum atomic E-state index is 4.29. The molecule has 2 heterocycles. The molecule has 2 N–H and O–H groups in total. The Labute approximate surface area is 148 Å². The Kier molecular flexibility index (Phi) is 9.05. The molecule has 8 heteroatoms. The molecule has 1 aliphatic rings. The fourth-order valence-electron chi connectivity index (χ4n) is 2.28. The molecule has 0 radical (unpaired) electrons. The standard InChI is InChI=1S/C13H24N6S.HI/c1-3-12-18-16-10-19(12)7-6-15-13(14-2)17-11-5-4-8-20-9-11;/h10-11H,3-9H2,1-2H3,(H2,14,15,17);1H. The Bertz CT molecular complexity index is 430. The number of thioether (sulfide) groups is 1. The Balaban J connectivity index is 0.00000220. The summed E-state index contributed by atoms with van der Waals surface area (Å²) in [6, 6.07) is 0.543. The number of guanidine groups is 1. The molecule has 0 aromatic carbocycles. The van der Waals surface area contributed by atoms with Crippen molar-refractivity contribution in [2.75, 3.05) is 25.1 Å². The number of aromatic nitrogens is 3. The van der Waals surface area contributed by atoms with Gasteiger partial charge in [0.1, 0.15) is 12.2 Å². The van der Waals surface area contributed by atoms with E-state index in [-0.39, 0.29) is 24.0 Å². The molecule has 1 atom stereocenters. The molecule has 1 aromatic rings. The van der Waals surface area contributed by atoms with Crippen LogP contribution in [0.4, 0.5) is 0 Å². The second-order valence-electron chi connectivity index (χ2n) is 4.85. The number of nitrogens with zero attached hydrogens (tertiary/aromatic N) is 4. The lowest BCUT2D eigenvalue weighted by molar-refractivity contribution is 0.573. The van der Waals surface area contributed by atoms with Gasteiger partial charge in [-0.1, -0.05) is 6.92 Å². The average Bonchev–Trinajstić information content (AvgIpc) is 2.94. The predicted octanol–water partition coefficient (Wildman–Crippen LogP) is 1.52. The topological polar surface area (TPSA) is 67.1 Å². The van der Waals surface area contributed by atoms with E-state index in [2.05, 4.69) is 37.3 Å². The van der Waals surface area contributed by atoms with Gasteiger partial charge in [-0.3, -0.25) is 4.99 Å². The Morgan fingerprint density at radius 1 is 1.57 bits per heavy atom. The summed E-state index contributed by atoms with van der Waals surface area (Å²) in [6.45, 7) is 3.77. The van der Waals surface area contributed by atoms with E-state index in [0.717, 1.165) is 31.3 Å². The molecule has 120 valence electrons. The Morgan fingerprint density at radius 3 is 3.10 bits per heavy atom. The van der Waals surface area contributed by atoms with Crippen LogP contribution < -0.4 is 10.6 Å². The summed E-state index contributed by atoms with van der Waals surface area (Å²) in [5.41, 5.74) is 0. The first-order chi connectivity index (χ1) is 9.83. The van der Waals surface area contributed by atoms with Crippen molar-refractivity contribution in [2.24, 2.45) is 4.99 Å². The monoisotopic (exact) mass is 424 g/mol. The molecule has 0 saturated carbocycles. The van der Waals surface area contributed by atoms with E-state index < -0.39 is 0 Å². The highest BCUT2D eigenvalue weighted by molar-refractivity contribution is 14.0. The van der Waals surface area contributed by atoms with Crippen LogP contribution in [0.2, 0.25) is 0 Å². The Hall–Kier alpha value is -0.510. The van der Waals surface area contributed by atoms with Crippen molar-refractivity contribution < 1.29 is 0 Å². The van der Waals surface area contributed by atoms with Gasteiger partial charge in [0.25, 0.3) is 0 Å². The summed E-state index contributed by atoms with van der Waals surface area (Å²) in [5, 5.41) is 14.9. The van der Waals surface area contributed by atoms with Crippen LogP contribution in [0.15, 0.2) is 11.3 Å². The smallest absolute Gasteiger partial charge is 0.191 e. The molecule has 0 spiro atoms. The summed E-state index contributed by atoms with van der Waals surface area (Å²) < 4.78 is 2.08. The van der Waals surface area contributed by atoms with Gasteiger partial charge < -0.3 is 15.2 Å². The molecule has 6 nitrogen and oxygen atoms in total. The zero-order valence-electron chi connectivity index (χ0n) is 12.7. The number of aryl methyl sites for hydroxylation is 1. The van der Waals surface area contributed by atoms with Crippen LogP contribution >= 0.6 is 35.7 Å². The van der Waals surface area contributed by atoms with Gasteiger partial charge in [-0.25, -0.2) is 0 Å².